The first kappa shape index (κ1) is 34.6. The van der Waals surface area contributed by atoms with Gasteiger partial charge in [0.2, 0.25) is 10.0 Å². The highest BCUT2D eigenvalue weighted by Gasteiger charge is 2.29. The third kappa shape index (κ3) is 9.63. The minimum atomic E-state index is -3.35. The summed E-state index contributed by atoms with van der Waals surface area (Å²) in [6.07, 6.45) is 4.22. The molecule has 1 fully saturated rings. The summed E-state index contributed by atoms with van der Waals surface area (Å²) in [5.74, 6) is -1.32. The summed E-state index contributed by atoms with van der Waals surface area (Å²) >= 11 is 0. The van der Waals surface area contributed by atoms with E-state index in [9.17, 15) is 26.8 Å². The molecule has 0 aromatic heterocycles. The van der Waals surface area contributed by atoms with Crippen molar-refractivity contribution in [3.8, 4) is 11.5 Å². The minimum absolute atomic E-state index is 0.0519. The van der Waals surface area contributed by atoms with Gasteiger partial charge in [-0.1, -0.05) is 25.5 Å². The fourth-order valence-electron chi connectivity index (χ4n) is 5.27. The van der Waals surface area contributed by atoms with Crippen molar-refractivity contribution in [1.29, 1.82) is 0 Å². The number of hydrogen-bond donors (Lipinski definition) is 2. The maximum Gasteiger partial charge on any atom is 0.322 e. The average molecular weight is 658 g/mol. The van der Waals surface area contributed by atoms with Gasteiger partial charge < -0.3 is 19.9 Å². The number of likely N-dealkylation sites (tertiary alicyclic amines) is 1. The molecule has 46 heavy (non-hydrogen) atoms. The molecule has 1 heterocycles. The van der Waals surface area contributed by atoms with Gasteiger partial charge in [-0.15, -0.1) is 0 Å². The van der Waals surface area contributed by atoms with Gasteiger partial charge in [-0.25, -0.2) is 22.0 Å². The SMILES string of the molecule is CCCCN(C(=O)Nc1cc(C(=O)N(C)C)c(F)cc1F)C1CCN(Cc2ccc(Oc3ccc(NS(C)(=O)=O)cc3)cc2)CC1. The quantitative estimate of drug-likeness (QED) is 0.243. The molecule has 248 valence electrons. The molecule has 1 saturated heterocycles. The summed E-state index contributed by atoms with van der Waals surface area (Å²) in [4.78, 5) is 31.0. The van der Waals surface area contributed by atoms with Crippen molar-refractivity contribution < 1.29 is 31.5 Å². The summed E-state index contributed by atoms with van der Waals surface area (Å²) in [7, 11) is -0.409. The molecular formula is C33H41F2N5O5S. The Hall–Kier alpha value is -4.23. The number of urea groups is 1. The van der Waals surface area contributed by atoms with E-state index in [1.165, 1.54) is 19.0 Å². The second kappa shape index (κ2) is 15.4. The van der Waals surface area contributed by atoms with Crippen LogP contribution in [-0.4, -0.2) is 81.1 Å². The Balaban J connectivity index is 1.33. The van der Waals surface area contributed by atoms with Crippen LogP contribution in [0.15, 0.2) is 60.7 Å². The molecule has 0 unspecified atom stereocenters. The van der Waals surface area contributed by atoms with Crippen LogP contribution >= 0.6 is 0 Å². The zero-order valence-corrected chi connectivity index (χ0v) is 27.4. The molecule has 4 rings (SSSR count). The van der Waals surface area contributed by atoms with Crippen molar-refractivity contribution in [1.82, 2.24) is 14.7 Å². The monoisotopic (exact) mass is 657 g/mol. The normalized spacial score (nSPS) is 14.0. The molecule has 0 radical (unpaired) electrons. The van der Waals surface area contributed by atoms with Gasteiger partial charge in [0.1, 0.15) is 23.1 Å². The molecule has 3 amide bonds. The van der Waals surface area contributed by atoms with Crippen molar-refractivity contribution in [3.05, 3.63) is 83.4 Å². The number of anilines is 2. The molecule has 1 aliphatic rings. The number of amides is 3. The lowest BCUT2D eigenvalue weighted by molar-refractivity contribution is 0.0823. The number of halogens is 2. The van der Waals surface area contributed by atoms with Crippen LogP contribution in [0.4, 0.5) is 25.0 Å². The topological polar surface area (TPSA) is 111 Å². The Morgan fingerprint density at radius 3 is 2.13 bits per heavy atom. The molecular weight excluding hydrogens is 616 g/mol. The molecule has 1 aliphatic heterocycles. The summed E-state index contributed by atoms with van der Waals surface area (Å²) < 4.78 is 60.0. The maximum atomic E-state index is 14.6. The van der Waals surface area contributed by atoms with Crippen LogP contribution in [0.1, 0.15) is 48.5 Å². The number of benzene rings is 3. The van der Waals surface area contributed by atoms with Gasteiger partial charge in [-0.05, 0) is 67.3 Å². The van der Waals surface area contributed by atoms with Crippen LogP contribution in [0, 0.1) is 11.6 Å². The highest BCUT2D eigenvalue weighted by molar-refractivity contribution is 7.92. The summed E-state index contributed by atoms with van der Waals surface area (Å²) in [5, 5.41) is 2.58. The molecule has 0 bridgehead atoms. The minimum Gasteiger partial charge on any atom is -0.457 e. The first-order valence-electron chi connectivity index (χ1n) is 15.2. The van der Waals surface area contributed by atoms with Crippen molar-refractivity contribution >= 4 is 33.3 Å². The van der Waals surface area contributed by atoms with Gasteiger partial charge in [-0.2, -0.15) is 0 Å². The second-order valence-corrected chi connectivity index (χ2v) is 13.4. The molecule has 2 N–H and O–H groups in total. The lowest BCUT2D eigenvalue weighted by Crippen LogP contribution is -2.49. The molecule has 0 atom stereocenters. The van der Waals surface area contributed by atoms with Crippen LogP contribution in [0.2, 0.25) is 0 Å². The second-order valence-electron chi connectivity index (χ2n) is 11.6. The number of sulfonamides is 1. The van der Waals surface area contributed by atoms with Crippen molar-refractivity contribution in [3.63, 3.8) is 0 Å². The van der Waals surface area contributed by atoms with E-state index in [1.54, 1.807) is 29.2 Å². The predicted octanol–water partition coefficient (Wildman–Crippen LogP) is 6.13. The van der Waals surface area contributed by atoms with Crippen LogP contribution < -0.4 is 14.8 Å². The van der Waals surface area contributed by atoms with E-state index >= 15 is 0 Å². The summed E-state index contributed by atoms with van der Waals surface area (Å²) in [6.45, 7) is 4.78. The number of nitrogens with zero attached hydrogens (tertiary/aromatic N) is 3. The fourth-order valence-corrected chi connectivity index (χ4v) is 5.83. The maximum absolute atomic E-state index is 14.6. The number of carbonyl (C=O) groups excluding carboxylic acids is 2. The van der Waals surface area contributed by atoms with Crippen LogP contribution in [-0.2, 0) is 16.6 Å². The number of rotatable bonds is 12. The highest BCUT2D eigenvalue weighted by atomic mass is 32.2. The van der Waals surface area contributed by atoms with Crippen molar-refractivity contribution in [2.24, 2.45) is 0 Å². The van der Waals surface area contributed by atoms with Gasteiger partial charge in [0.25, 0.3) is 5.91 Å². The van der Waals surface area contributed by atoms with Crippen LogP contribution in [0.3, 0.4) is 0 Å². The van der Waals surface area contributed by atoms with Crippen molar-refractivity contribution in [2.45, 2.75) is 45.2 Å². The molecule has 3 aromatic rings. The van der Waals surface area contributed by atoms with E-state index in [0.29, 0.717) is 29.8 Å². The lowest BCUT2D eigenvalue weighted by atomic mass is 10.0. The predicted molar refractivity (Wildman–Crippen MR) is 175 cm³/mol. The number of carbonyl (C=O) groups is 2. The van der Waals surface area contributed by atoms with Crippen LogP contribution in [0.5, 0.6) is 11.5 Å². The Morgan fingerprint density at radius 1 is 0.957 bits per heavy atom. The number of hydrogen-bond acceptors (Lipinski definition) is 6. The molecule has 13 heteroatoms. The van der Waals surface area contributed by atoms with Gasteiger partial charge in [0.05, 0.1) is 17.5 Å². The smallest absolute Gasteiger partial charge is 0.322 e. The molecule has 10 nitrogen and oxygen atoms in total. The van der Waals surface area contributed by atoms with Gasteiger partial charge in [-0.3, -0.25) is 14.4 Å². The number of unbranched alkanes of at least 4 members (excludes halogenated alkanes) is 1. The summed E-state index contributed by atoms with van der Waals surface area (Å²) in [5.41, 5.74) is 1.02. The zero-order valence-electron chi connectivity index (χ0n) is 26.6. The van der Waals surface area contributed by atoms with Crippen molar-refractivity contribution in [2.75, 3.05) is 50.0 Å². The first-order valence-corrected chi connectivity index (χ1v) is 17.1. The fraction of sp³-hybridized carbons (Fsp3) is 0.394. The number of piperidine rings is 1. The van der Waals surface area contributed by atoms with E-state index < -0.39 is 33.6 Å². The highest BCUT2D eigenvalue weighted by Crippen LogP contribution is 2.26. The lowest BCUT2D eigenvalue weighted by Gasteiger charge is -2.38. The van der Waals surface area contributed by atoms with Gasteiger partial charge in [0.15, 0.2) is 0 Å². The Kier molecular flexibility index (Phi) is 11.6. The Bertz CT molecular complexity index is 1610. The van der Waals surface area contributed by atoms with E-state index in [-0.39, 0.29) is 17.3 Å². The van der Waals surface area contributed by atoms with E-state index in [0.717, 1.165) is 63.2 Å². The van der Waals surface area contributed by atoms with Crippen LogP contribution in [0.25, 0.3) is 0 Å². The molecule has 0 aliphatic carbocycles. The Labute approximate surface area is 269 Å². The number of nitrogens with one attached hydrogen (secondary N) is 2. The van der Waals surface area contributed by atoms with E-state index in [2.05, 4.69) is 14.9 Å². The summed E-state index contributed by atoms with van der Waals surface area (Å²) in [6, 6.07) is 15.5. The van der Waals surface area contributed by atoms with E-state index in [4.69, 9.17) is 4.74 Å². The van der Waals surface area contributed by atoms with Gasteiger partial charge in [0, 0.05) is 58.1 Å². The average Bonchev–Trinajstić information content (AvgIpc) is 3.00. The first-order chi connectivity index (χ1) is 21.8. The van der Waals surface area contributed by atoms with Gasteiger partial charge >= 0.3 is 6.03 Å². The molecule has 0 spiro atoms. The zero-order chi connectivity index (χ0) is 33.4. The molecule has 0 saturated carbocycles. The number of ether oxygens (including phenoxy) is 1. The standard InChI is InChI=1S/C33H41F2N5O5S/c1-5-6-17-40(33(42)36-31-20-28(32(41)38(2)3)29(34)21-30(31)35)25-15-18-39(19-16-25)22-23-7-11-26(12-8-23)45-27-13-9-24(10-14-27)37-46(4,43)44/h7-14,20-21,25,37H,5-6,15-19,22H2,1-4H3,(H,36,42). The largest absolute Gasteiger partial charge is 0.457 e. The third-order valence-electron chi connectivity index (χ3n) is 7.67. The third-order valence-corrected chi connectivity index (χ3v) is 8.28. The Morgan fingerprint density at radius 2 is 1.57 bits per heavy atom. The molecule has 3 aromatic carbocycles. The van der Waals surface area contributed by atoms with E-state index in [1.807, 2.05) is 31.2 Å².